The van der Waals surface area contributed by atoms with E-state index >= 15 is 0 Å². The first-order chi connectivity index (χ1) is 10.8. The molecule has 1 aromatic heterocycles. The first-order valence-electron chi connectivity index (χ1n) is 7.49. The van der Waals surface area contributed by atoms with Gasteiger partial charge in [0, 0.05) is 37.9 Å². The summed E-state index contributed by atoms with van der Waals surface area (Å²) in [6, 6.07) is 7.92. The lowest BCUT2D eigenvalue weighted by Crippen LogP contribution is -2.41. The lowest BCUT2D eigenvalue weighted by atomic mass is 9.97. The van der Waals surface area contributed by atoms with E-state index in [4.69, 9.17) is 4.74 Å². The minimum absolute atomic E-state index is 0.140. The third kappa shape index (κ3) is 3.78. The molecule has 1 aliphatic rings. The van der Waals surface area contributed by atoms with Gasteiger partial charge in [0.2, 0.25) is 0 Å². The fourth-order valence-corrected chi connectivity index (χ4v) is 2.54. The van der Waals surface area contributed by atoms with Crippen LogP contribution in [0.1, 0.15) is 5.56 Å². The van der Waals surface area contributed by atoms with Gasteiger partial charge in [0.1, 0.15) is 5.75 Å². The van der Waals surface area contributed by atoms with Crippen molar-refractivity contribution in [2.45, 2.75) is 13.0 Å². The molecular weight excluding hydrogens is 280 g/mol. The number of nitrogens with one attached hydrogen (secondary N) is 2. The topological polar surface area (TPSA) is 68.2 Å². The molecule has 0 saturated carbocycles. The average molecular weight is 300 g/mol. The Morgan fingerprint density at radius 3 is 3.14 bits per heavy atom. The summed E-state index contributed by atoms with van der Waals surface area (Å²) in [5.41, 5.74) is 1.21. The molecule has 1 aromatic carbocycles. The molecule has 0 fully saturated rings. The standard InChI is InChI=1S/C16H20N4O2/c21-16(18-6-8-20-7-5-17-12-20)19-10-13-9-14-3-1-2-4-15(14)22-11-13/h1-5,7,12-13H,6,8-11H2,(H2,18,19,21)/t13-/m1/s1. The van der Waals surface area contributed by atoms with Crippen molar-refractivity contribution in [2.75, 3.05) is 19.7 Å². The number of imidazole rings is 1. The number of carbonyl (C=O) groups is 1. The molecule has 0 unspecified atom stereocenters. The first kappa shape index (κ1) is 14.4. The van der Waals surface area contributed by atoms with Gasteiger partial charge in [0.05, 0.1) is 12.9 Å². The lowest BCUT2D eigenvalue weighted by Gasteiger charge is -2.25. The van der Waals surface area contributed by atoms with Crippen LogP contribution in [0.25, 0.3) is 0 Å². The monoisotopic (exact) mass is 300 g/mol. The van der Waals surface area contributed by atoms with Crippen LogP contribution in [0.15, 0.2) is 43.0 Å². The van der Waals surface area contributed by atoms with E-state index in [0.29, 0.717) is 32.2 Å². The number of fused-ring (bicyclic) bond motifs is 1. The molecule has 0 aliphatic carbocycles. The van der Waals surface area contributed by atoms with E-state index in [-0.39, 0.29) is 6.03 Å². The van der Waals surface area contributed by atoms with Crippen molar-refractivity contribution >= 4 is 6.03 Å². The molecule has 2 amide bonds. The van der Waals surface area contributed by atoms with Crippen molar-refractivity contribution in [3.05, 3.63) is 48.5 Å². The molecule has 2 aromatic rings. The number of carbonyl (C=O) groups excluding carboxylic acids is 1. The van der Waals surface area contributed by atoms with Crippen molar-refractivity contribution in [3.63, 3.8) is 0 Å². The number of hydrogen-bond donors (Lipinski definition) is 2. The van der Waals surface area contributed by atoms with E-state index in [0.717, 1.165) is 12.2 Å². The number of hydrogen-bond acceptors (Lipinski definition) is 3. The van der Waals surface area contributed by atoms with Gasteiger partial charge in [-0.15, -0.1) is 0 Å². The number of ether oxygens (including phenoxy) is 1. The zero-order chi connectivity index (χ0) is 15.2. The van der Waals surface area contributed by atoms with Gasteiger partial charge >= 0.3 is 6.03 Å². The Labute approximate surface area is 129 Å². The van der Waals surface area contributed by atoms with Gasteiger partial charge in [0.15, 0.2) is 0 Å². The van der Waals surface area contributed by atoms with E-state index in [1.807, 2.05) is 29.0 Å². The maximum absolute atomic E-state index is 11.8. The number of aromatic nitrogens is 2. The highest BCUT2D eigenvalue weighted by molar-refractivity contribution is 5.73. The molecular formula is C16H20N4O2. The van der Waals surface area contributed by atoms with E-state index < -0.39 is 0 Å². The van der Waals surface area contributed by atoms with Crippen molar-refractivity contribution in [1.29, 1.82) is 0 Å². The summed E-state index contributed by atoms with van der Waals surface area (Å²) in [6.07, 6.45) is 6.26. The highest BCUT2D eigenvalue weighted by atomic mass is 16.5. The molecule has 6 nitrogen and oxygen atoms in total. The molecule has 0 radical (unpaired) electrons. The average Bonchev–Trinajstić information content (AvgIpc) is 3.06. The summed E-state index contributed by atoms with van der Waals surface area (Å²) in [6.45, 7) is 2.55. The van der Waals surface area contributed by atoms with Crippen LogP contribution in [-0.4, -0.2) is 35.3 Å². The molecule has 1 atom stereocenters. The largest absolute Gasteiger partial charge is 0.493 e. The number of nitrogens with zero attached hydrogens (tertiary/aromatic N) is 2. The summed E-state index contributed by atoms with van der Waals surface area (Å²) in [4.78, 5) is 15.7. The fourth-order valence-electron chi connectivity index (χ4n) is 2.54. The van der Waals surface area contributed by atoms with Gasteiger partial charge in [-0.1, -0.05) is 18.2 Å². The molecule has 3 rings (SSSR count). The van der Waals surface area contributed by atoms with Crippen LogP contribution in [0, 0.1) is 5.92 Å². The Bertz CT molecular complexity index is 612. The normalized spacial score (nSPS) is 16.5. The van der Waals surface area contributed by atoms with E-state index in [2.05, 4.69) is 21.7 Å². The Morgan fingerprint density at radius 1 is 1.36 bits per heavy atom. The van der Waals surface area contributed by atoms with Gasteiger partial charge in [-0.05, 0) is 18.1 Å². The van der Waals surface area contributed by atoms with Gasteiger partial charge in [-0.2, -0.15) is 0 Å². The highest BCUT2D eigenvalue weighted by Crippen LogP contribution is 2.26. The second-order valence-electron chi connectivity index (χ2n) is 5.43. The summed E-state index contributed by atoms with van der Waals surface area (Å²) in [7, 11) is 0. The number of para-hydroxylation sites is 1. The molecule has 22 heavy (non-hydrogen) atoms. The summed E-state index contributed by atoms with van der Waals surface area (Å²) in [5, 5.41) is 5.75. The third-order valence-corrected chi connectivity index (χ3v) is 3.72. The summed E-state index contributed by atoms with van der Waals surface area (Å²) in [5.74, 6) is 1.28. The number of rotatable bonds is 5. The maximum atomic E-state index is 11.8. The van der Waals surface area contributed by atoms with E-state index in [1.165, 1.54) is 5.56 Å². The van der Waals surface area contributed by atoms with Crippen LogP contribution in [0.4, 0.5) is 4.79 Å². The first-order valence-corrected chi connectivity index (χ1v) is 7.49. The quantitative estimate of drug-likeness (QED) is 0.878. The molecule has 0 bridgehead atoms. The molecule has 6 heteroatoms. The van der Waals surface area contributed by atoms with Gasteiger partial charge < -0.3 is 19.9 Å². The molecule has 0 saturated heterocycles. The van der Waals surface area contributed by atoms with Crippen molar-refractivity contribution in [2.24, 2.45) is 5.92 Å². The Hall–Kier alpha value is -2.50. The number of amides is 2. The molecule has 2 heterocycles. The minimum atomic E-state index is -0.140. The molecule has 0 spiro atoms. The Kier molecular flexibility index (Phi) is 4.58. The number of benzene rings is 1. The van der Waals surface area contributed by atoms with Crippen LogP contribution in [-0.2, 0) is 13.0 Å². The predicted octanol–water partition coefficient (Wildman–Crippen LogP) is 1.43. The lowest BCUT2D eigenvalue weighted by molar-refractivity contribution is 0.211. The van der Waals surface area contributed by atoms with Gasteiger partial charge in [0.25, 0.3) is 0 Å². The van der Waals surface area contributed by atoms with Crippen LogP contribution in [0.2, 0.25) is 0 Å². The Balaban J connectivity index is 1.37. The van der Waals surface area contributed by atoms with Crippen LogP contribution >= 0.6 is 0 Å². The molecule has 1 aliphatic heterocycles. The maximum Gasteiger partial charge on any atom is 0.314 e. The number of urea groups is 1. The van der Waals surface area contributed by atoms with Crippen LogP contribution in [0.3, 0.4) is 0 Å². The second-order valence-corrected chi connectivity index (χ2v) is 5.43. The van der Waals surface area contributed by atoms with Crippen molar-refractivity contribution in [3.8, 4) is 5.75 Å². The predicted molar refractivity (Wildman–Crippen MR) is 82.8 cm³/mol. The smallest absolute Gasteiger partial charge is 0.314 e. The highest BCUT2D eigenvalue weighted by Gasteiger charge is 2.19. The second kappa shape index (κ2) is 6.98. The third-order valence-electron chi connectivity index (χ3n) is 3.72. The molecule has 2 N–H and O–H groups in total. The van der Waals surface area contributed by atoms with E-state index in [9.17, 15) is 4.79 Å². The fraction of sp³-hybridized carbons (Fsp3) is 0.375. The summed E-state index contributed by atoms with van der Waals surface area (Å²) < 4.78 is 7.64. The van der Waals surface area contributed by atoms with Crippen LogP contribution < -0.4 is 15.4 Å². The van der Waals surface area contributed by atoms with Crippen molar-refractivity contribution in [1.82, 2.24) is 20.2 Å². The zero-order valence-corrected chi connectivity index (χ0v) is 12.4. The SMILES string of the molecule is O=C(NCCn1ccnc1)NC[C@@H]1COc2ccccc2C1. The van der Waals surface area contributed by atoms with Crippen LogP contribution in [0.5, 0.6) is 5.75 Å². The van der Waals surface area contributed by atoms with Gasteiger partial charge in [-0.25, -0.2) is 9.78 Å². The Morgan fingerprint density at radius 2 is 2.27 bits per heavy atom. The minimum Gasteiger partial charge on any atom is -0.493 e. The summed E-state index contributed by atoms with van der Waals surface area (Å²) >= 11 is 0. The van der Waals surface area contributed by atoms with E-state index in [1.54, 1.807) is 12.5 Å². The van der Waals surface area contributed by atoms with Gasteiger partial charge in [-0.3, -0.25) is 0 Å². The zero-order valence-electron chi connectivity index (χ0n) is 12.4. The molecule has 116 valence electrons. The van der Waals surface area contributed by atoms with Crippen molar-refractivity contribution < 1.29 is 9.53 Å².